The zero-order valence-corrected chi connectivity index (χ0v) is 16.2. The molecular weight excluding hydrogens is 300 g/mol. The van der Waals surface area contributed by atoms with Crippen molar-refractivity contribution >= 4 is 0 Å². The van der Waals surface area contributed by atoms with Gasteiger partial charge in [-0.1, -0.05) is 27.7 Å². The lowest BCUT2D eigenvalue weighted by molar-refractivity contribution is 0.0195. The zero-order chi connectivity index (χ0) is 17.4. The summed E-state index contributed by atoms with van der Waals surface area (Å²) < 4.78 is 13.9. The van der Waals surface area contributed by atoms with E-state index in [0.717, 1.165) is 78.3 Å². The first-order valence-corrected chi connectivity index (χ1v) is 9.86. The summed E-state index contributed by atoms with van der Waals surface area (Å²) in [4.78, 5) is 2.43. The quantitative estimate of drug-likeness (QED) is 0.614. The predicted molar refractivity (Wildman–Crippen MR) is 100 cm³/mol. The molecule has 1 saturated heterocycles. The second-order valence-electron chi connectivity index (χ2n) is 6.48. The van der Waals surface area contributed by atoms with Crippen molar-refractivity contribution in [2.24, 2.45) is 0 Å². The fourth-order valence-electron chi connectivity index (χ4n) is 4.03. The topological polar surface area (TPSA) is 26.6 Å². The molecule has 2 heterocycles. The van der Waals surface area contributed by atoms with Crippen molar-refractivity contribution in [3.63, 3.8) is 0 Å². The van der Waals surface area contributed by atoms with Gasteiger partial charge in [0.1, 0.15) is 0 Å². The van der Waals surface area contributed by atoms with Crippen LogP contribution in [0.4, 0.5) is 0 Å². The van der Waals surface area contributed by atoms with Crippen LogP contribution in [-0.2, 0) is 41.7 Å². The second-order valence-corrected chi connectivity index (χ2v) is 6.48. The summed E-state index contributed by atoms with van der Waals surface area (Å²) in [5, 5.41) is 0. The lowest BCUT2D eigenvalue weighted by Crippen LogP contribution is -2.38. The summed E-state index contributed by atoms with van der Waals surface area (Å²) in [6, 6.07) is 0. The molecule has 0 aromatic carbocycles. The van der Waals surface area contributed by atoms with Gasteiger partial charge in [-0.15, -0.1) is 0 Å². The third-order valence-corrected chi connectivity index (χ3v) is 5.20. The Labute approximate surface area is 148 Å². The van der Waals surface area contributed by atoms with E-state index in [0.29, 0.717) is 0 Å². The maximum Gasteiger partial charge on any atom is 0.0646 e. The zero-order valence-electron chi connectivity index (χ0n) is 16.2. The van der Waals surface area contributed by atoms with Crippen LogP contribution >= 0.6 is 0 Å². The van der Waals surface area contributed by atoms with Gasteiger partial charge in [-0.2, -0.15) is 0 Å². The predicted octanol–water partition coefficient (Wildman–Crippen LogP) is 3.09. The average molecular weight is 337 g/mol. The van der Waals surface area contributed by atoms with Crippen molar-refractivity contribution < 1.29 is 9.47 Å². The SMILES string of the molecule is CCc1c(CC)c(CC)n(CCOCCN2CCOCC2)c1CC. The Morgan fingerprint density at radius 2 is 1.33 bits per heavy atom. The normalized spacial score (nSPS) is 16.0. The molecule has 0 N–H and O–H groups in total. The number of hydrogen-bond donors (Lipinski definition) is 0. The molecule has 138 valence electrons. The molecule has 24 heavy (non-hydrogen) atoms. The minimum Gasteiger partial charge on any atom is -0.379 e. The maximum absolute atomic E-state index is 5.95. The van der Waals surface area contributed by atoms with E-state index >= 15 is 0 Å². The fraction of sp³-hybridized carbons (Fsp3) is 0.800. The van der Waals surface area contributed by atoms with Gasteiger partial charge in [-0.25, -0.2) is 0 Å². The van der Waals surface area contributed by atoms with Gasteiger partial charge in [-0.3, -0.25) is 4.90 Å². The first kappa shape index (κ1) is 19.5. The molecule has 0 atom stereocenters. The first-order chi connectivity index (χ1) is 11.8. The van der Waals surface area contributed by atoms with Crippen molar-refractivity contribution in [3.05, 3.63) is 22.5 Å². The van der Waals surface area contributed by atoms with E-state index in [2.05, 4.69) is 37.2 Å². The molecule has 1 aromatic heterocycles. The van der Waals surface area contributed by atoms with Crippen LogP contribution < -0.4 is 0 Å². The van der Waals surface area contributed by atoms with Gasteiger partial charge in [-0.05, 0) is 36.8 Å². The van der Waals surface area contributed by atoms with Crippen molar-refractivity contribution in [1.29, 1.82) is 0 Å². The lowest BCUT2D eigenvalue weighted by atomic mass is 10.0. The molecule has 0 saturated carbocycles. The highest BCUT2D eigenvalue weighted by Gasteiger charge is 2.18. The average Bonchev–Trinajstić information content (AvgIpc) is 2.93. The van der Waals surface area contributed by atoms with Crippen LogP contribution in [0.5, 0.6) is 0 Å². The Balaban J connectivity index is 1.90. The number of hydrogen-bond acceptors (Lipinski definition) is 3. The molecule has 0 unspecified atom stereocenters. The summed E-state index contributed by atoms with van der Waals surface area (Å²) in [5.74, 6) is 0. The van der Waals surface area contributed by atoms with E-state index in [9.17, 15) is 0 Å². The third-order valence-electron chi connectivity index (χ3n) is 5.20. The summed E-state index contributed by atoms with van der Waals surface area (Å²) in [7, 11) is 0. The van der Waals surface area contributed by atoms with Gasteiger partial charge in [0.05, 0.1) is 26.4 Å². The Hall–Kier alpha value is -0.840. The monoisotopic (exact) mass is 336 g/mol. The smallest absolute Gasteiger partial charge is 0.0646 e. The number of aromatic nitrogens is 1. The van der Waals surface area contributed by atoms with Crippen LogP contribution in [0, 0.1) is 0 Å². The van der Waals surface area contributed by atoms with Gasteiger partial charge < -0.3 is 14.0 Å². The second kappa shape index (κ2) is 10.2. The highest BCUT2D eigenvalue weighted by molar-refractivity contribution is 5.39. The summed E-state index contributed by atoms with van der Waals surface area (Å²) in [6.07, 6.45) is 4.52. The van der Waals surface area contributed by atoms with E-state index in [1.807, 2.05) is 0 Å². The van der Waals surface area contributed by atoms with Crippen molar-refractivity contribution in [2.75, 3.05) is 46.1 Å². The Morgan fingerprint density at radius 3 is 1.83 bits per heavy atom. The largest absolute Gasteiger partial charge is 0.379 e. The molecule has 1 aromatic rings. The van der Waals surface area contributed by atoms with Crippen molar-refractivity contribution in [3.8, 4) is 0 Å². The number of nitrogens with zero attached hydrogens (tertiary/aromatic N) is 2. The van der Waals surface area contributed by atoms with Crippen molar-refractivity contribution in [1.82, 2.24) is 9.47 Å². The first-order valence-electron chi connectivity index (χ1n) is 9.86. The van der Waals surface area contributed by atoms with E-state index in [4.69, 9.17) is 9.47 Å². The molecule has 2 rings (SSSR count). The summed E-state index contributed by atoms with van der Waals surface area (Å²) in [5.41, 5.74) is 6.24. The number of ether oxygens (including phenoxy) is 2. The van der Waals surface area contributed by atoms with Gasteiger partial charge >= 0.3 is 0 Å². The molecular formula is C20H36N2O2. The molecule has 4 heteroatoms. The highest BCUT2D eigenvalue weighted by Crippen LogP contribution is 2.26. The Kier molecular flexibility index (Phi) is 8.30. The molecule has 0 spiro atoms. The lowest BCUT2D eigenvalue weighted by Gasteiger charge is -2.26. The summed E-state index contributed by atoms with van der Waals surface area (Å²) in [6.45, 7) is 16.6. The van der Waals surface area contributed by atoms with E-state index in [1.54, 1.807) is 11.1 Å². The van der Waals surface area contributed by atoms with E-state index in [1.165, 1.54) is 11.4 Å². The fourth-order valence-corrected chi connectivity index (χ4v) is 4.03. The Morgan fingerprint density at radius 1 is 0.792 bits per heavy atom. The van der Waals surface area contributed by atoms with Crippen LogP contribution in [-0.4, -0.2) is 55.5 Å². The molecule has 0 aliphatic carbocycles. The maximum atomic E-state index is 5.95. The molecule has 1 aliphatic rings. The van der Waals surface area contributed by atoms with Crippen LogP contribution in [0.25, 0.3) is 0 Å². The van der Waals surface area contributed by atoms with Crippen LogP contribution in [0.3, 0.4) is 0 Å². The number of rotatable bonds is 10. The molecule has 0 radical (unpaired) electrons. The molecule has 1 aliphatic heterocycles. The van der Waals surface area contributed by atoms with E-state index in [-0.39, 0.29) is 0 Å². The third kappa shape index (κ3) is 4.62. The van der Waals surface area contributed by atoms with Gasteiger partial charge in [0.15, 0.2) is 0 Å². The van der Waals surface area contributed by atoms with Gasteiger partial charge in [0.25, 0.3) is 0 Å². The molecule has 1 fully saturated rings. The Bertz CT molecular complexity index is 461. The molecule has 4 nitrogen and oxygen atoms in total. The van der Waals surface area contributed by atoms with Crippen LogP contribution in [0.15, 0.2) is 0 Å². The van der Waals surface area contributed by atoms with Crippen LogP contribution in [0.1, 0.15) is 50.2 Å². The molecule has 0 amide bonds. The number of morpholine rings is 1. The minimum atomic E-state index is 0.811. The standard InChI is InChI=1S/C20H36N2O2/c1-5-17-18(6-2)20(8-4)22(19(17)7-3)12-16-24-15-11-21-9-13-23-14-10-21/h5-16H2,1-4H3. The van der Waals surface area contributed by atoms with Gasteiger partial charge in [0, 0.05) is 37.6 Å². The van der Waals surface area contributed by atoms with Gasteiger partial charge in [0.2, 0.25) is 0 Å². The highest BCUT2D eigenvalue weighted by atomic mass is 16.5. The van der Waals surface area contributed by atoms with E-state index < -0.39 is 0 Å². The molecule has 0 bridgehead atoms. The summed E-state index contributed by atoms with van der Waals surface area (Å²) >= 11 is 0. The minimum absolute atomic E-state index is 0.811. The van der Waals surface area contributed by atoms with Crippen molar-refractivity contribution in [2.45, 2.75) is 59.9 Å². The van der Waals surface area contributed by atoms with Crippen LogP contribution in [0.2, 0.25) is 0 Å².